The van der Waals surface area contributed by atoms with Crippen molar-refractivity contribution in [2.24, 2.45) is 0 Å². The number of benzene rings is 1. The van der Waals surface area contributed by atoms with Gasteiger partial charge in [-0.25, -0.2) is 0 Å². The molecule has 1 heterocycles. The van der Waals surface area contributed by atoms with Crippen LogP contribution in [0.5, 0.6) is 0 Å². The van der Waals surface area contributed by atoms with E-state index >= 15 is 0 Å². The van der Waals surface area contributed by atoms with Crippen molar-refractivity contribution in [3.63, 3.8) is 0 Å². The summed E-state index contributed by atoms with van der Waals surface area (Å²) in [6.07, 6.45) is 1.71. The van der Waals surface area contributed by atoms with Crippen LogP contribution in [0.15, 0.2) is 24.3 Å². The SMILES string of the molecule is CC1(C)OB(CCc2ccccc2N)OC1(C)C. The highest BCUT2D eigenvalue weighted by molar-refractivity contribution is 6.45. The molecule has 0 amide bonds. The van der Waals surface area contributed by atoms with Gasteiger partial charge in [-0.05, 0) is 52.1 Å². The fourth-order valence-corrected chi connectivity index (χ4v) is 2.12. The van der Waals surface area contributed by atoms with Gasteiger partial charge >= 0.3 is 7.12 Å². The third-order valence-corrected chi connectivity index (χ3v) is 4.01. The third-order valence-electron chi connectivity index (χ3n) is 4.01. The molecule has 1 aliphatic rings. The maximum atomic E-state index is 5.96. The van der Waals surface area contributed by atoms with Gasteiger partial charge in [0.2, 0.25) is 0 Å². The maximum Gasteiger partial charge on any atom is 0.458 e. The first-order valence-corrected chi connectivity index (χ1v) is 6.51. The topological polar surface area (TPSA) is 44.5 Å². The van der Waals surface area contributed by atoms with E-state index in [2.05, 4.69) is 33.8 Å². The van der Waals surface area contributed by atoms with E-state index in [0.717, 1.165) is 24.0 Å². The van der Waals surface area contributed by atoms with Gasteiger partial charge in [0.25, 0.3) is 0 Å². The number of nitrogens with two attached hydrogens (primary N) is 1. The van der Waals surface area contributed by atoms with Gasteiger partial charge in [0.15, 0.2) is 0 Å². The van der Waals surface area contributed by atoms with E-state index < -0.39 is 0 Å². The predicted molar refractivity (Wildman–Crippen MR) is 75.4 cm³/mol. The molecule has 4 heteroatoms. The van der Waals surface area contributed by atoms with Gasteiger partial charge in [0.05, 0.1) is 11.2 Å². The second-order valence-electron chi connectivity index (χ2n) is 5.92. The van der Waals surface area contributed by atoms with E-state index in [0.29, 0.717) is 0 Å². The van der Waals surface area contributed by atoms with E-state index in [4.69, 9.17) is 15.0 Å². The molecule has 1 aromatic rings. The van der Waals surface area contributed by atoms with Crippen LogP contribution in [0.25, 0.3) is 0 Å². The van der Waals surface area contributed by atoms with Gasteiger partial charge in [-0.15, -0.1) is 0 Å². The Morgan fingerprint density at radius 3 is 2.17 bits per heavy atom. The van der Waals surface area contributed by atoms with Crippen LogP contribution >= 0.6 is 0 Å². The van der Waals surface area contributed by atoms with E-state index in [1.54, 1.807) is 0 Å². The lowest BCUT2D eigenvalue weighted by Gasteiger charge is -2.32. The highest BCUT2D eigenvalue weighted by atomic mass is 16.7. The smallest absolute Gasteiger partial charge is 0.403 e. The van der Waals surface area contributed by atoms with Crippen molar-refractivity contribution < 1.29 is 9.31 Å². The number of aryl methyl sites for hydroxylation is 1. The minimum atomic E-state index is -0.250. The van der Waals surface area contributed by atoms with Crippen molar-refractivity contribution in [1.29, 1.82) is 0 Å². The van der Waals surface area contributed by atoms with Crippen LogP contribution in [0.2, 0.25) is 6.32 Å². The summed E-state index contributed by atoms with van der Waals surface area (Å²) in [4.78, 5) is 0. The van der Waals surface area contributed by atoms with E-state index in [-0.39, 0.29) is 18.3 Å². The fraction of sp³-hybridized carbons (Fsp3) is 0.571. The zero-order valence-electron chi connectivity index (χ0n) is 11.7. The Labute approximate surface area is 110 Å². The van der Waals surface area contributed by atoms with Crippen LogP contribution in [0.1, 0.15) is 33.3 Å². The molecule has 0 unspecified atom stereocenters. The second kappa shape index (κ2) is 4.59. The van der Waals surface area contributed by atoms with Crippen molar-refractivity contribution >= 4 is 12.8 Å². The molecule has 0 atom stereocenters. The molecule has 1 fully saturated rings. The Kier molecular flexibility index (Phi) is 3.43. The molecule has 1 saturated heterocycles. The maximum absolute atomic E-state index is 5.96. The molecular formula is C14H22BNO2. The highest BCUT2D eigenvalue weighted by Crippen LogP contribution is 2.38. The van der Waals surface area contributed by atoms with Gasteiger partial charge in [-0.3, -0.25) is 0 Å². The standard InChI is InChI=1S/C14H22BNO2/c1-13(2)14(3,4)18-15(17-13)10-9-11-7-5-6-8-12(11)16/h5-8H,9-10,16H2,1-4H3. The quantitative estimate of drug-likeness (QED) is 0.659. The zero-order valence-corrected chi connectivity index (χ0v) is 11.7. The average Bonchev–Trinajstić information content (AvgIpc) is 2.46. The zero-order chi connectivity index (χ0) is 13.4. The van der Waals surface area contributed by atoms with E-state index in [9.17, 15) is 0 Å². The Morgan fingerprint density at radius 2 is 1.61 bits per heavy atom. The van der Waals surface area contributed by atoms with Crippen LogP contribution in [0, 0.1) is 0 Å². The first kappa shape index (κ1) is 13.4. The first-order chi connectivity index (χ1) is 8.32. The molecule has 0 saturated carbocycles. The van der Waals surface area contributed by atoms with Crippen LogP contribution in [0.4, 0.5) is 5.69 Å². The molecule has 3 nitrogen and oxygen atoms in total. The Balaban J connectivity index is 1.96. The number of anilines is 1. The van der Waals surface area contributed by atoms with Gasteiger partial charge < -0.3 is 15.0 Å². The van der Waals surface area contributed by atoms with Crippen molar-refractivity contribution in [3.8, 4) is 0 Å². The second-order valence-corrected chi connectivity index (χ2v) is 5.92. The summed E-state index contributed by atoms with van der Waals surface area (Å²) in [6, 6.07) is 7.95. The van der Waals surface area contributed by atoms with Crippen LogP contribution in [-0.2, 0) is 15.7 Å². The Hall–Kier alpha value is -0.995. The lowest BCUT2D eigenvalue weighted by molar-refractivity contribution is 0.00578. The number of rotatable bonds is 3. The van der Waals surface area contributed by atoms with Crippen LogP contribution < -0.4 is 5.73 Å². The summed E-state index contributed by atoms with van der Waals surface area (Å²) in [5.74, 6) is 0. The van der Waals surface area contributed by atoms with Crippen LogP contribution in [-0.4, -0.2) is 18.3 Å². The summed E-state index contributed by atoms with van der Waals surface area (Å²) in [6.45, 7) is 8.29. The first-order valence-electron chi connectivity index (χ1n) is 6.51. The molecule has 0 aromatic heterocycles. The Bertz CT molecular complexity index is 416. The van der Waals surface area contributed by atoms with Gasteiger partial charge in [-0.2, -0.15) is 0 Å². The molecule has 0 bridgehead atoms. The minimum absolute atomic E-state index is 0.144. The average molecular weight is 247 g/mol. The van der Waals surface area contributed by atoms with Crippen molar-refractivity contribution in [3.05, 3.63) is 29.8 Å². The highest BCUT2D eigenvalue weighted by Gasteiger charge is 2.50. The molecule has 0 radical (unpaired) electrons. The van der Waals surface area contributed by atoms with Crippen molar-refractivity contribution in [1.82, 2.24) is 0 Å². The third kappa shape index (κ3) is 2.55. The fourth-order valence-electron chi connectivity index (χ4n) is 2.12. The molecule has 2 rings (SSSR count). The molecule has 0 spiro atoms. The summed E-state index contributed by atoms with van der Waals surface area (Å²) >= 11 is 0. The largest absolute Gasteiger partial charge is 0.458 e. The summed E-state index contributed by atoms with van der Waals surface area (Å²) in [5.41, 5.74) is 7.43. The van der Waals surface area contributed by atoms with Gasteiger partial charge in [0.1, 0.15) is 0 Å². The molecule has 1 aliphatic heterocycles. The molecule has 2 N–H and O–H groups in total. The lowest BCUT2D eigenvalue weighted by atomic mass is 9.81. The lowest BCUT2D eigenvalue weighted by Crippen LogP contribution is -2.41. The van der Waals surface area contributed by atoms with E-state index in [1.807, 2.05) is 18.2 Å². The monoisotopic (exact) mass is 247 g/mol. The molecule has 18 heavy (non-hydrogen) atoms. The molecule has 1 aromatic carbocycles. The molecule has 0 aliphatic carbocycles. The number of hydrogen-bond donors (Lipinski definition) is 1. The normalized spacial score (nSPS) is 21.2. The van der Waals surface area contributed by atoms with Crippen molar-refractivity contribution in [2.75, 3.05) is 5.73 Å². The van der Waals surface area contributed by atoms with E-state index in [1.165, 1.54) is 0 Å². The van der Waals surface area contributed by atoms with Gasteiger partial charge in [-0.1, -0.05) is 18.2 Å². The summed E-state index contributed by atoms with van der Waals surface area (Å²) < 4.78 is 11.9. The molecular weight excluding hydrogens is 225 g/mol. The molecule has 98 valence electrons. The number of para-hydroxylation sites is 1. The predicted octanol–water partition coefficient (Wildman–Crippen LogP) is 2.90. The van der Waals surface area contributed by atoms with Crippen LogP contribution in [0.3, 0.4) is 0 Å². The number of nitrogen functional groups attached to an aromatic ring is 1. The number of hydrogen-bond acceptors (Lipinski definition) is 3. The minimum Gasteiger partial charge on any atom is -0.403 e. The summed E-state index contributed by atoms with van der Waals surface area (Å²) in [7, 11) is -0.144. The Morgan fingerprint density at radius 1 is 1.06 bits per heavy atom. The van der Waals surface area contributed by atoms with Gasteiger partial charge in [0, 0.05) is 5.69 Å². The van der Waals surface area contributed by atoms with Crippen molar-refractivity contribution in [2.45, 2.75) is 51.6 Å². The summed E-state index contributed by atoms with van der Waals surface area (Å²) in [5, 5.41) is 0.